The molecule has 3 aromatic heterocycles. The van der Waals surface area contributed by atoms with E-state index < -0.39 is 5.97 Å². The summed E-state index contributed by atoms with van der Waals surface area (Å²) in [6, 6.07) is 13.1. The Morgan fingerprint density at radius 1 is 1.14 bits per heavy atom. The second-order valence-electron chi connectivity index (χ2n) is 6.46. The van der Waals surface area contributed by atoms with E-state index in [4.69, 9.17) is 4.74 Å². The standard InChI is InChI=1S/C20H18N4O3S/c1-12-9-18(25)24-20(21-12)28-17(22-24)11-27-19(26)16-10-13(2)23(14(16)3)15-7-5-4-6-8-15/h4-10H,11H2,1-3H3. The average molecular weight is 394 g/mol. The molecule has 0 saturated heterocycles. The first-order valence-corrected chi connectivity index (χ1v) is 9.53. The van der Waals surface area contributed by atoms with E-state index in [1.807, 2.05) is 54.8 Å². The van der Waals surface area contributed by atoms with Crippen molar-refractivity contribution < 1.29 is 9.53 Å². The highest BCUT2D eigenvalue weighted by molar-refractivity contribution is 7.16. The Kier molecular flexibility index (Phi) is 4.56. The van der Waals surface area contributed by atoms with E-state index in [0.29, 0.717) is 21.2 Å². The largest absolute Gasteiger partial charge is 0.455 e. The van der Waals surface area contributed by atoms with Crippen LogP contribution in [0.25, 0.3) is 10.6 Å². The number of carbonyl (C=O) groups excluding carboxylic acids is 1. The summed E-state index contributed by atoms with van der Waals surface area (Å²) >= 11 is 1.23. The van der Waals surface area contributed by atoms with Crippen LogP contribution in [0.2, 0.25) is 0 Å². The van der Waals surface area contributed by atoms with Gasteiger partial charge in [0.15, 0.2) is 5.01 Å². The Morgan fingerprint density at radius 2 is 1.89 bits per heavy atom. The van der Waals surface area contributed by atoms with Gasteiger partial charge in [0, 0.05) is 28.8 Å². The number of aryl methyl sites for hydroxylation is 2. The molecule has 142 valence electrons. The molecule has 0 fully saturated rings. The molecular weight excluding hydrogens is 376 g/mol. The SMILES string of the molecule is Cc1cc(=O)n2nc(COC(=O)c3cc(C)n(-c4ccccc4)c3C)sc2n1. The van der Waals surface area contributed by atoms with Gasteiger partial charge in [-0.05, 0) is 39.0 Å². The first-order chi connectivity index (χ1) is 13.4. The molecule has 4 aromatic rings. The number of carbonyl (C=O) groups is 1. The topological polar surface area (TPSA) is 78.5 Å². The Labute approximate surface area is 164 Å². The van der Waals surface area contributed by atoms with Gasteiger partial charge in [-0.1, -0.05) is 29.5 Å². The minimum Gasteiger partial charge on any atom is -0.455 e. The Balaban J connectivity index is 1.57. The zero-order chi connectivity index (χ0) is 19.8. The third-order valence-corrected chi connectivity index (χ3v) is 5.29. The number of para-hydroxylation sites is 1. The highest BCUT2D eigenvalue weighted by Gasteiger charge is 2.19. The van der Waals surface area contributed by atoms with Gasteiger partial charge in [-0.25, -0.2) is 9.78 Å². The number of hydrogen-bond acceptors (Lipinski definition) is 6. The molecule has 0 N–H and O–H groups in total. The molecule has 7 nitrogen and oxygen atoms in total. The van der Waals surface area contributed by atoms with Crippen molar-refractivity contribution in [1.82, 2.24) is 19.2 Å². The molecule has 0 aliphatic carbocycles. The van der Waals surface area contributed by atoms with Gasteiger partial charge in [0.05, 0.1) is 5.56 Å². The fourth-order valence-corrected chi connectivity index (χ4v) is 4.03. The lowest BCUT2D eigenvalue weighted by atomic mass is 10.2. The summed E-state index contributed by atoms with van der Waals surface area (Å²) in [7, 11) is 0. The maximum atomic E-state index is 12.6. The average Bonchev–Trinajstić information content (AvgIpc) is 3.21. The normalized spacial score (nSPS) is 11.1. The molecule has 1 aromatic carbocycles. The lowest BCUT2D eigenvalue weighted by Gasteiger charge is -2.09. The van der Waals surface area contributed by atoms with E-state index in [0.717, 1.165) is 17.1 Å². The monoisotopic (exact) mass is 394 g/mol. The van der Waals surface area contributed by atoms with Crippen molar-refractivity contribution in [2.24, 2.45) is 0 Å². The van der Waals surface area contributed by atoms with E-state index in [1.165, 1.54) is 21.9 Å². The molecule has 0 atom stereocenters. The zero-order valence-electron chi connectivity index (χ0n) is 15.7. The number of rotatable bonds is 4. The van der Waals surface area contributed by atoms with Gasteiger partial charge in [-0.15, -0.1) is 0 Å². The number of nitrogens with zero attached hydrogens (tertiary/aromatic N) is 4. The van der Waals surface area contributed by atoms with E-state index in [9.17, 15) is 9.59 Å². The van der Waals surface area contributed by atoms with Gasteiger partial charge < -0.3 is 9.30 Å². The van der Waals surface area contributed by atoms with E-state index in [-0.39, 0.29) is 12.2 Å². The van der Waals surface area contributed by atoms with Crippen LogP contribution in [0.5, 0.6) is 0 Å². The van der Waals surface area contributed by atoms with Crippen LogP contribution in [0.4, 0.5) is 0 Å². The number of esters is 1. The van der Waals surface area contributed by atoms with Crippen LogP contribution in [0.1, 0.15) is 32.4 Å². The number of benzene rings is 1. The van der Waals surface area contributed by atoms with E-state index in [1.54, 1.807) is 6.92 Å². The van der Waals surface area contributed by atoms with Gasteiger partial charge >= 0.3 is 5.97 Å². The van der Waals surface area contributed by atoms with Crippen LogP contribution in [0.15, 0.2) is 47.3 Å². The molecule has 0 bridgehead atoms. The van der Waals surface area contributed by atoms with Crippen LogP contribution < -0.4 is 5.56 Å². The molecule has 3 heterocycles. The van der Waals surface area contributed by atoms with Crippen LogP contribution >= 0.6 is 11.3 Å². The zero-order valence-corrected chi connectivity index (χ0v) is 16.5. The van der Waals surface area contributed by atoms with E-state index in [2.05, 4.69) is 10.1 Å². The van der Waals surface area contributed by atoms with Gasteiger partial charge in [0.25, 0.3) is 5.56 Å². The van der Waals surface area contributed by atoms with Crippen LogP contribution in [0, 0.1) is 20.8 Å². The summed E-state index contributed by atoms with van der Waals surface area (Å²) in [5.74, 6) is -0.425. The molecule has 0 aliphatic heterocycles. The van der Waals surface area contributed by atoms with Gasteiger partial charge in [-0.2, -0.15) is 9.61 Å². The van der Waals surface area contributed by atoms with Crippen molar-refractivity contribution in [2.75, 3.05) is 0 Å². The van der Waals surface area contributed by atoms with Crippen molar-refractivity contribution >= 4 is 22.3 Å². The van der Waals surface area contributed by atoms with Crippen molar-refractivity contribution in [1.29, 1.82) is 0 Å². The number of aromatic nitrogens is 4. The molecule has 0 amide bonds. The minimum absolute atomic E-state index is 0.0135. The first kappa shape index (κ1) is 18.1. The molecule has 4 rings (SSSR count). The van der Waals surface area contributed by atoms with Crippen LogP contribution in [0.3, 0.4) is 0 Å². The van der Waals surface area contributed by atoms with Crippen molar-refractivity contribution in [3.63, 3.8) is 0 Å². The third-order valence-electron chi connectivity index (χ3n) is 4.41. The quantitative estimate of drug-likeness (QED) is 0.497. The number of fused-ring (bicyclic) bond motifs is 1. The highest BCUT2D eigenvalue weighted by atomic mass is 32.1. The maximum absolute atomic E-state index is 12.6. The molecule has 8 heteroatoms. The summed E-state index contributed by atoms with van der Waals surface area (Å²) in [6.45, 7) is 5.58. The lowest BCUT2D eigenvalue weighted by molar-refractivity contribution is 0.0470. The van der Waals surface area contributed by atoms with Gasteiger partial charge in [-0.3, -0.25) is 4.79 Å². The molecule has 0 radical (unpaired) electrons. The maximum Gasteiger partial charge on any atom is 0.340 e. The minimum atomic E-state index is -0.425. The second kappa shape index (κ2) is 7.05. The molecule has 28 heavy (non-hydrogen) atoms. The summed E-state index contributed by atoms with van der Waals surface area (Å²) in [5.41, 5.74) is 3.64. The Hall–Kier alpha value is -3.26. The van der Waals surface area contributed by atoms with Crippen molar-refractivity contribution in [3.8, 4) is 5.69 Å². The molecule has 0 saturated carbocycles. The smallest absolute Gasteiger partial charge is 0.340 e. The van der Waals surface area contributed by atoms with Crippen molar-refractivity contribution in [2.45, 2.75) is 27.4 Å². The predicted molar refractivity (Wildman–Crippen MR) is 106 cm³/mol. The fraction of sp³-hybridized carbons (Fsp3) is 0.200. The molecule has 0 aliphatic rings. The van der Waals surface area contributed by atoms with Crippen molar-refractivity contribution in [3.05, 3.63) is 80.5 Å². The fourth-order valence-electron chi connectivity index (χ4n) is 3.17. The second-order valence-corrected chi connectivity index (χ2v) is 7.50. The summed E-state index contributed by atoms with van der Waals surface area (Å²) in [5, 5.41) is 4.70. The first-order valence-electron chi connectivity index (χ1n) is 8.72. The van der Waals surface area contributed by atoms with E-state index >= 15 is 0 Å². The Bertz CT molecular complexity index is 1240. The van der Waals surface area contributed by atoms with Gasteiger partial charge in [0.2, 0.25) is 4.96 Å². The van der Waals surface area contributed by atoms with Crippen LogP contribution in [-0.4, -0.2) is 25.1 Å². The number of ether oxygens (including phenoxy) is 1. The summed E-state index contributed by atoms with van der Waals surface area (Å²) in [4.78, 5) is 29.3. The molecular formula is C20H18N4O3S. The number of hydrogen-bond donors (Lipinski definition) is 0. The van der Waals surface area contributed by atoms with Gasteiger partial charge in [0.1, 0.15) is 6.61 Å². The predicted octanol–water partition coefficient (Wildman–Crippen LogP) is 3.22. The Morgan fingerprint density at radius 3 is 2.64 bits per heavy atom. The third kappa shape index (κ3) is 3.22. The summed E-state index contributed by atoms with van der Waals surface area (Å²) in [6.07, 6.45) is 0. The molecule has 0 unspecified atom stereocenters. The highest BCUT2D eigenvalue weighted by Crippen LogP contribution is 2.22. The van der Waals surface area contributed by atoms with Crippen LogP contribution in [-0.2, 0) is 11.3 Å². The molecule has 0 spiro atoms. The summed E-state index contributed by atoms with van der Waals surface area (Å²) < 4.78 is 8.69. The lowest BCUT2D eigenvalue weighted by Crippen LogP contribution is -2.14.